The number of hydrogen-bond donors (Lipinski definition) is 0. The van der Waals surface area contributed by atoms with Crippen molar-refractivity contribution in [3.8, 4) is 5.75 Å². The summed E-state index contributed by atoms with van der Waals surface area (Å²) < 4.78 is 9.90. The summed E-state index contributed by atoms with van der Waals surface area (Å²) in [6.45, 7) is 0. The summed E-state index contributed by atoms with van der Waals surface area (Å²) in [7, 11) is 6.66. The van der Waals surface area contributed by atoms with E-state index in [-0.39, 0.29) is 5.97 Å². The van der Waals surface area contributed by atoms with Crippen LogP contribution in [0.2, 0.25) is 0 Å². The zero-order chi connectivity index (χ0) is 12.8. The lowest BCUT2D eigenvalue weighted by Crippen LogP contribution is -2.10. The second-order valence-electron chi connectivity index (χ2n) is 3.73. The number of ether oxygens (including phenoxy) is 2. The minimum Gasteiger partial charge on any atom is -0.497 e. The van der Waals surface area contributed by atoms with Crippen LogP contribution in [0.5, 0.6) is 5.75 Å². The second-order valence-corrected chi connectivity index (χ2v) is 3.73. The van der Waals surface area contributed by atoms with Crippen molar-refractivity contribution in [2.24, 2.45) is 0 Å². The number of hydrogen-bond acceptors (Lipinski definition) is 4. The first kappa shape index (κ1) is 13.1. The number of benzene rings is 1. The normalized spacial score (nSPS) is 10.9. The molecule has 4 heteroatoms. The number of carbonyl (C=O) groups excluding carboxylic acids is 1. The molecule has 1 rings (SSSR count). The average Bonchev–Trinajstić information content (AvgIpc) is 2.35. The number of carbonyl (C=O) groups is 1. The number of nitrogens with zero attached hydrogens (tertiary/aromatic N) is 1. The van der Waals surface area contributed by atoms with Crippen molar-refractivity contribution < 1.29 is 14.3 Å². The van der Waals surface area contributed by atoms with Gasteiger partial charge in [0.2, 0.25) is 0 Å². The molecule has 0 atom stereocenters. The molecule has 0 aliphatic rings. The highest BCUT2D eigenvalue weighted by atomic mass is 16.5. The van der Waals surface area contributed by atoms with E-state index >= 15 is 0 Å². The van der Waals surface area contributed by atoms with Gasteiger partial charge < -0.3 is 14.4 Å². The molecule has 0 heterocycles. The fourth-order valence-electron chi connectivity index (χ4n) is 1.40. The third-order valence-electron chi connectivity index (χ3n) is 2.17. The predicted octanol–water partition coefficient (Wildman–Crippen LogP) is 1.77. The molecule has 0 saturated carbocycles. The lowest BCUT2D eigenvalue weighted by Gasteiger charge is -2.11. The van der Waals surface area contributed by atoms with Crippen LogP contribution in [-0.4, -0.2) is 39.2 Å². The first-order chi connectivity index (χ1) is 8.08. The molecule has 0 spiro atoms. The molecule has 0 aromatic heterocycles. The van der Waals surface area contributed by atoms with Crippen molar-refractivity contribution in [2.45, 2.75) is 0 Å². The molecule has 0 unspecified atom stereocenters. The first-order valence-electron chi connectivity index (χ1n) is 5.19. The molecule has 0 amide bonds. The number of esters is 1. The van der Waals surface area contributed by atoms with Gasteiger partial charge in [-0.2, -0.15) is 0 Å². The van der Waals surface area contributed by atoms with Crippen molar-refractivity contribution in [3.63, 3.8) is 0 Å². The van der Waals surface area contributed by atoms with Crippen LogP contribution < -0.4 is 4.74 Å². The molecular weight excluding hydrogens is 218 g/mol. The van der Waals surface area contributed by atoms with Crippen LogP contribution >= 0.6 is 0 Å². The molecular formula is C13H17NO3. The van der Waals surface area contributed by atoms with Gasteiger partial charge in [-0.1, -0.05) is 12.1 Å². The standard InChI is InChI=1S/C13H17NO3/c1-14(2)9-12(13(15)17-4)10-6-5-7-11(8-10)16-3/h5-9H,1-4H3. The summed E-state index contributed by atoms with van der Waals surface area (Å²) in [5.74, 6) is 0.336. The molecule has 1 aromatic carbocycles. The molecule has 92 valence electrons. The van der Waals surface area contributed by atoms with Gasteiger partial charge in [-0.15, -0.1) is 0 Å². The SMILES string of the molecule is COC(=O)C(=CN(C)C)c1cccc(OC)c1. The van der Waals surface area contributed by atoms with Crippen LogP contribution in [0.25, 0.3) is 5.57 Å². The third-order valence-corrected chi connectivity index (χ3v) is 2.17. The largest absolute Gasteiger partial charge is 0.497 e. The Hall–Kier alpha value is -1.97. The predicted molar refractivity (Wildman–Crippen MR) is 66.7 cm³/mol. The fourth-order valence-corrected chi connectivity index (χ4v) is 1.40. The van der Waals surface area contributed by atoms with Gasteiger partial charge in [0.15, 0.2) is 0 Å². The molecule has 0 N–H and O–H groups in total. The van der Waals surface area contributed by atoms with E-state index in [2.05, 4.69) is 0 Å². The highest BCUT2D eigenvalue weighted by molar-refractivity contribution is 6.16. The summed E-state index contributed by atoms with van der Waals surface area (Å²) in [4.78, 5) is 13.5. The second kappa shape index (κ2) is 5.94. The Morgan fingerprint density at radius 1 is 1.29 bits per heavy atom. The summed E-state index contributed by atoms with van der Waals surface area (Å²) in [6, 6.07) is 7.30. The van der Waals surface area contributed by atoms with Crippen LogP contribution in [0.1, 0.15) is 5.56 Å². The first-order valence-corrected chi connectivity index (χ1v) is 5.19. The third kappa shape index (κ3) is 3.52. The van der Waals surface area contributed by atoms with Crippen LogP contribution in [0, 0.1) is 0 Å². The molecule has 0 aliphatic carbocycles. The van der Waals surface area contributed by atoms with E-state index in [0.717, 1.165) is 5.56 Å². The maximum absolute atomic E-state index is 11.7. The van der Waals surface area contributed by atoms with Crippen molar-refractivity contribution >= 4 is 11.5 Å². The molecule has 1 aromatic rings. The maximum Gasteiger partial charge on any atom is 0.339 e. The summed E-state index contributed by atoms with van der Waals surface area (Å²) in [5.41, 5.74) is 1.27. The molecule has 0 fully saturated rings. The van der Waals surface area contributed by atoms with Gasteiger partial charge in [-0.05, 0) is 17.7 Å². The van der Waals surface area contributed by atoms with Gasteiger partial charge in [-0.25, -0.2) is 4.79 Å². The Bertz CT molecular complexity index is 424. The minimum absolute atomic E-state index is 0.369. The lowest BCUT2D eigenvalue weighted by atomic mass is 10.1. The van der Waals surface area contributed by atoms with E-state index in [9.17, 15) is 4.79 Å². The van der Waals surface area contributed by atoms with E-state index in [1.54, 1.807) is 24.3 Å². The van der Waals surface area contributed by atoms with Gasteiger partial charge in [0.05, 0.1) is 19.8 Å². The zero-order valence-electron chi connectivity index (χ0n) is 10.6. The van der Waals surface area contributed by atoms with Gasteiger partial charge >= 0.3 is 5.97 Å². The smallest absolute Gasteiger partial charge is 0.339 e. The van der Waals surface area contributed by atoms with Crippen molar-refractivity contribution in [2.75, 3.05) is 28.3 Å². The van der Waals surface area contributed by atoms with Gasteiger partial charge in [0.1, 0.15) is 5.75 Å². The number of rotatable bonds is 4. The Morgan fingerprint density at radius 2 is 2.00 bits per heavy atom. The molecule has 0 saturated heterocycles. The average molecular weight is 235 g/mol. The summed E-state index contributed by atoms with van der Waals surface area (Å²) in [5, 5.41) is 0. The summed E-state index contributed by atoms with van der Waals surface area (Å²) in [6.07, 6.45) is 1.72. The van der Waals surface area contributed by atoms with Gasteiger partial charge in [0, 0.05) is 20.3 Å². The van der Waals surface area contributed by atoms with E-state index < -0.39 is 0 Å². The molecule has 0 radical (unpaired) electrons. The number of methoxy groups -OCH3 is 2. The molecule has 0 bridgehead atoms. The van der Waals surface area contributed by atoms with Crippen LogP contribution in [0.15, 0.2) is 30.5 Å². The highest BCUT2D eigenvalue weighted by Crippen LogP contribution is 2.21. The lowest BCUT2D eigenvalue weighted by molar-refractivity contribution is -0.133. The monoisotopic (exact) mass is 235 g/mol. The van der Waals surface area contributed by atoms with Crippen molar-refractivity contribution in [1.82, 2.24) is 4.90 Å². The quantitative estimate of drug-likeness (QED) is 0.589. The van der Waals surface area contributed by atoms with Crippen LogP contribution in [0.3, 0.4) is 0 Å². The maximum atomic E-state index is 11.7. The molecule has 4 nitrogen and oxygen atoms in total. The van der Waals surface area contributed by atoms with E-state index in [0.29, 0.717) is 11.3 Å². The Balaban J connectivity index is 3.17. The van der Waals surface area contributed by atoms with E-state index in [4.69, 9.17) is 9.47 Å². The highest BCUT2D eigenvalue weighted by Gasteiger charge is 2.13. The van der Waals surface area contributed by atoms with Gasteiger partial charge in [0.25, 0.3) is 0 Å². The van der Waals surface area contributed by atoms with Crippen molar-refractivity contribution in [3.05, 3.63) is 36.0 Å². The molecule has 0 aliphatic heterocycles. The summed E-state index contributed by atoms with van der Waals surface area (Å²) >= 11 is 0. The fraction of sp³-hybridized carbons (Fsp3) is 0.308. The van der Waals surface area contributed by atoms with E-state index in [1.165, 1.54) is 7.11 Å². The minimum atomic E-state index is -0.369. The molecule has 17 heavy (non-hydrogen) atoms. The Labute approximate surface area is 101 Å². The van der Waals surface area contributed by atoms with E-state index in [1.807, 2.05) is 32.3 Å². The van der Waals surface area contributed by atoms with Crippen molar-refractivity contribution in [1.29, 1.82) is 0 Å². The zero-order valence-corrected chi connectivity index (χ0v) is 10.6. The topological polar surface area (TPSA) is 38.8 Å². The van der Waals surface area contributed by atoms with Gasteiger partial charge in [-0.3, -0.25) is 0 Å². The van der Waals surface area contributed by atoms with Crippen LogP contribution in [0.4, 0.5) is 0 Å². The van der Waals surface area contributed by atoms with Crippen LogP contribution in [-0.2, 0) is 9.53 Å². The Morgan fingerprint density at radius 3 is 2.53 bits per heavy atom. The Kier molecular flexibility index (Phi) is 4.57.